The van der Waals surface area contributed by atoms with Crippen LogP contribution in [0.25, 0.3) is 0 Å². The van der Waals surface area contributed by atoms with Gasteiger partial charge < -0.3 is 5.32 Å². The van der Waals surface area contributed by atoms with Crippen LogP contribution < -0.4 is 10.7 Å². The van der Waals surface area contributed by atoms with Gasteiger partial charge in [0.15, 0.2) is 5.11 Å². The predicted molar refractivity (Wildman–Crippen MR) is 82.6 cm³/mol. The fraction of sp³-hybridized carbons (Fsp3) is 0.167. The Hall–Kier alpha value is -1.10. The molecule has 0 aliphatic rings. The molecule has 0 aromatic heterocycles. The SMILES string of the molecule is C=CCNC(=S)N/N=C(/C)c1cc(Cl)ccc1Cl. The molecule has 0 unspecified atom stereocenters. The van der Waals surface area contributed by atoms with Gasteiger partial charge in [-0.3, -0.25) is 5.43 Å². The number of thiocarbonyl (C=S) groups is 1. The lowest BCUT2D eigenvalue weighted by Gasteiger charge is -2.07. The minimum atomic E-state index is 0.424. The summed E-state index contributed by atoms with van der Waals surface area (Å²) in [5.74, 6) is 0. The number of nitrogens with zero attached hydrogens (tertiary/aromatic N) is 1. The van der Waals surface area contributed by atoms with Crippen molar-refractivity contribution in [3.05, 3.63) is 46.5 Å². The number of hydrogen-bond donors (Lipinski definition) is 2. The van der Waals surface area contributed by atoms with Crippen LogP contribution in [-0.2, 0) is 0 Å². The highest BCUT2D eigenvalue weighted by Gasteiger charge is 2.05. The lowest BCUT2D eigenvalue weighted by atomic mass is 10.1. The molecule has 0 aliphatic carbocycles. The fourth-order valence-corrected chi connectivity index (χ4v) is 1.73. The summed E-state index contributed by atoms with van der Waals surface area (Å²) in [6.45, 7) is 5.98. The van der Waals surface area contributed by atoms with Crippen molar-refractivity contribution in [2.24, 2.45) is 5.10 Å². The van der Waals surface area contributed by atoms with Gasteiger partial charge in [-0.25, -0.2) is 0 Å². The molecule has 6 heteroatoms. The molecule has 0 radical (unpaired) electrons. The first-order valence-corrected chi connectivity index (χ1v) is 6.35. The van der Waals surface area contributed by atoms with E-state index in [1.165, 1.54) is 0 Å². The van der Waals surface area contributed by atoms with Crippen LogP contribution in [0.4, 0.5) is 0 Å². The van der Waals surface area contributed by atoms with Gasteiger partial charge in [-0.05, 0) is 37.3 Å². The lowest BCUT2D eigenvalue weighted by molar-refractivity contribution is 0.936. The maximum Gasteiger partial charge on any atom is 0.187 e. The Morgan fingerprint density at radius 1 is 1.50 bits per heavy atom. The van der Waals surface area contributed by atoms with E-state index >= 15 is 0 Å². The van der Waals surface area contributed by atoms with E-state index in [0.29, 0.717) is 27.4 Å². The van der Waals surface area contributed by atoms with Crippen LogP contribution in [0.3, 0.4) is 0 Å². The van der Waals surface area contributed by atoms with Crippen LogP contribution in [0.1, 0.15) is 12.5 Å². The molecule has 0 amide bonds. The van der Waals surface area contributed by atoms with E-state index in [4.69, 9.17) is 35.4 Å². The van der Waals surface area contributed by atoms with Gasteiger partial charge in [-0.1, -0.05) is 29.3 Å². The molecule has 0 heterocycles. The molecule has 0 aliphatic heterocycles. The minimum Gasteiger partial charge on any atom is -0.358 e. The summed E-state index contributed by atoms with van der Waals surface area (Å²) < 4.78 is 0. The second kappa shape index (κ2) is 7.36. The lowest BCUT2D eigenvalue weighted by Crippen LogP contribution is -2.32. The maximum atomic E-state index is 6.06. The van der Waals surface area contributed by atoms with Gasteiger partial charge >= 0.3 is 0 Å². The Morgan fingerprint density at radius 3 is 2.89 bits per heavy atom. The van der Waals surface area contributed by atoms with Crippen molar-refractivity contribution in [3.63, 3.8) is 0 Å². The number of hydrazone groups is 1. The molecular weight excluding hydrogens is 289 g/mol. The minimum absolute atomic E-state index is 0.424. The van der Waals surface area contributed by atoms with E-state index in [9.17, 15) is 0 Å². The smallest absolute Gasteiger partial charge is 0.187 e. The summed E-state index contributed by atoms with van der Waals surface area (Å²) in [4.78, 5) is 0. The molecular formula is C12H13Cl2N3S. The van der Waals surface area contributed by atoms with Crippen LogP contribution >= 0.6 is 35.4 Å². The van der Waals surface area contributed by atoms with E-state index in [1.54, 1.807) is 24.3 Å². The third-order valence-corrected chi connectivity index (χ3v) is 2.85. The molecule has 0 bridgehead atoms. The molecule has 1 rings (SSSR count). The highest BCUT2D eigenvalue weighted by atomic mass is 35.5. The zero-order chi connectivity index (χ0) is 13.5. The molecule has 0 saturated carbocycles. The number of hydrogen-bond acceptors (Lipinski definition) is 2. The van der Waals surface area contributed by atoms with Crippen LogP contribution in [0, 0.1) is 0 Å². The summed E-state index contributed by atoms with van der Waals surface area (Å²) in [5, 5.41) is 8.66. The predicted octanol–water partition coefficient (Wildman–Crippen LogP) is 3.37. The van der Waals surface area contributed by atoms with Gasteiger partial charge in [0.2, 0.25) is 0 Å². The van der Waals surface area contributed by atoms with Crippen LogP contribution in [-0.4, -0.2) is 17.4 Å². The first kappa shape index (κ1) is 15.0. The molecule has 0 atom stereocenters. The molecule has 3 nitrogen and oxygen atoms in total. The molecule has 0 saturated heterocycles. The quantitative estimate of drug-likeness (QED) is 0.387. The van der Waals surface area contributed by atoms with Gasteiger partial charge in [-0.15, -0.1) is 6.58 Å². The average Bonchev–Trinajstić information content (AvgIpc) is 2.36. The molecule has 1 aromatic carbocycles. The fourth-order valence-electron chi connectivity index (χ4n) is 1.17. The van der Waals surface area contributed by atoms with E-state index in [0.717, 1.165) is 5.56 Å². The molecule has 1 aromatic rings. The van der Waals surface area contributed by atoms with Crippen molar-refractivity contribution in [1.29, 1.82) is 0 Å². The van der Waals surface area contributed by atoms with Crippen molar-refractivity contribution in [2.45, 2.75) is 6.92 Å². The third kappa shape index (κ3) is 4.64. The Morgan fingerprint density at radius 2 is 2.22 bits per heavy atom. The second-order valence-corrected chi connectivity index (χ2v) is 4.68. The molecule has 0 spiro atoms. The Bertz CT molecular complexity index is 486. The second-order valence-electron chi connectivity index (χ2n) is 3.43. The zero-order valence-corrected chi connectivity index (χ0v) is 12.2. The third-order valence-electron chi connectivity index (χ3n) is 2.05. The largest absolute Gasteiger partial charge is 0.358 e. The van der Waals surface area contributed by atoms with Gasteiger partial charge in [0.05, 0.1) is 5.71 Å². The molecule has 2 N–H and O–H groups in total. The summed E-state index contributed by atoms with van der Waals surface area (Å²) in [7, 11) is 0. The van der Waals surface area contributed by atoms with Gasteiger partial charge in [-0.2, -0.15) is 5.10 Å². The van der Waals surface area contributed by atoms with Crippen molar-refractivity contribution < 1.29 is 0 Å². The van der Waals surface area contributed by atoms with Crippen molar-refractivity contribution in [3.8, 4) is 0 Å². The standard InChI is InChI=1S/C12H13Cl2N3S/c1-3-6-15-12(18)17-16-8(2)10-7-9(13)4-5-11(10)14/h3-5,7H,1,6H2,2H3,(H2,15,17,18)/b16-8-. The maximum absolute atomic E-state index is 6.06. The summed E-state index contributed by atoms with van der Waals surface area (Å²) >= 11 is 17.0. The average molecular weight is 302 g/mol. The molecule has 18 heavy (non-hydrogen) atoms. The van der Waals surface area contributed by atoms with Gasteiger partial charge in [0, 0.05) is 22.2 Å². The molecule has 96 valence electrons. The first-order valence-electron chi connectivity index (χ1n) is 5.19. The van der Waals surface area contributed by atoms with Gasteiger partial charge in [0.25, 0.3) is 0 Å². The summed E-state index contributed by atoms with van der Waals surface area (Å²) in [6, 6.07) is 5.21. The number of halogens is 2. The zero-order valence-electron chi connectivity index (χ0n) is 9.84. The summed E-state index contributed by atoms with van der Waals surface area (Å²) in [5.41, 5.74) is 4.19. The Kier molecular flexibility index (Phi) is 6.12. The number of benzene rings is 1. The van der Waals surface area contributed by atoms with Crippen molar-refractivity contribution in [1.82, 2.24) is 10.7 Å². The van der Waals surface area contributed by atoms with Gasteiger partial charge in [0.1, 0.15) is 0 Å². The van der Waals surface area contributed by atoms with E-state index < -0.39 is 0 Å². The monoisotopic (exact) mass is 301 g/mol. The number of nitrogens with one attached hydrogen (secondary N) is 2. The normalized spacial score (nSPS) is 10.9. The highest BCUT2D eigenvalue weighted by molar-refractivity contribution is 7.80. The van der Waals surface area contributed by atoms with E-state index in [2.05, 4.69) is 22.4 Å². The van der Waals surface area contributed by atoms with Crippen LogP contribution in [0.15, 0.2) is 36.0 Å². The van der Waals surface area contributed by atoms with Crippen molar-refractivity contribution >= 4 is 46.2 Å². The van der Waals surface area contributed by atoms with Crippen LogP contribution in [0.2, 0.25) is 10.0 Å². The Balaban J connectivity index is 2.74. The number of rotatable bonds is 4. The van der Waals surface area contributed by atoms with E-state index in [-0.39, 0.29) is 0 Å². The summed E-state index contributed by atoms with van der Waals surface area (Å²) in [6.07, 6.45) is 1.71. The van der Waals surface area contributed by atoms with E-state index in [1.807, 2.05) is 6.92 Å². The first-order chi connectivity index (χ1) is 8.54. The Labute approximate surface area is 122 Å². The topological polar surface area (TPSA) is 36.4 Å². The van der Waals surface area contributed by atoms with Crippen molar-refractivity contribution in [2.75, 3.05) is 6.54 Å². The highest BCUT2D eigenvalue weighted by Crippen LogP contribution is 2.21. The molecule has 0 fully saturated rings. The van der Waals surface area contributed by atoms with Crippen LogP contribution in [0.5, 0.6) is 0 Å².